The van der Waals surface area contributed by atoms with Crippen LogP contribution < -0.4 is 4.74 Å². The topological polar surface area (TPSA) is 38.8 Å². The predicted octanol–water partition coefficient (Wildman–Crippen LogP) is 3.58. The number of piperidine rings is 1. The first kappa shape index (κ1) is 18.1. The third-order valence-corrected chi connectivity index (χ3v) is 9.18. The number of nitrogens with zero attached hydrogens (tertiary/aromatic N) is 1. The molecule has 1 saturated carbocycles. The molecule has 4 heteroatoms. The highest BCUT2D eigenvalue weighted by Gasteiger charge is 2.79. The van der Waals surface area contributed by atoms with Crippen molar-refractivity contribution in [2.24, 2.45) is 11.3 Å². The van der Waals surface area contributed by atoms with E-state index in [9.17, 15) is 4.79 Å². The van der Waals surface area contributed by atoms with Crippen LogP contribution in [-0.2, 0) is 21.4 Å². The van der Waals surface area contributed by atoms with E-state index >= 15 is 0 Å². The van der Waals surface area contributed by atoms with Crippen LogP contribution in [0.2, 0.25) is 0 Å². The van der Waals surface area contributed by atoms with Gasteiger partial charge in [-0.3, -0.25) is 4.79 Å². The molecule has 4 aliphatic carbocycles. The average Bonchev–Trinajstić information content (AvgIpc) is 3.09. The minimum Gasteiger partial charge on any atom is -0.485 e. The van der Waals surface area contributed by atoms with E-state index in [4.69, 9.17) is 9.47 Å². The highest BCUT2D eigenvalue weighted by Crippen LogP contribution is 2.74. The van der Waals surface area contributed by atoms with E-state index in [1.165, 1.54) is 16.7 Å². The van der Waals surface area contributed by atoms with Gasteiger partial charge in [0.25, 0.3) is 0 Å². The molecule has 154 valence electrons. The number of ether oxygens (including phenoxy) is 2. The normalized spacial score (nSPS) is 43.2. The standard InChI is InChI=1S/C25H31NO3/c1-5-6-18(27)17-14-23-9-10-25(17,28-4)22-24(23)11-12-26(3)19(23)13-16-8-7-15(2)21(29-22)20(16)24/h7-10,17,19,22H,5-6,11-14H2,1-4H3/t17-,19-,22-,23-,24+,25-/m1/s1. The van der Waals surface area contributed by atoms with E-state index in [2.05, 4.69) is 50.1 Å². The lowest BCUT2D eigenvalue weighted by atomic mass is 9.37. The molecule has 0 unspecified atom stereocenters. The Hall–Kier alpha value is -1.65. The first-order chi connectivity index (χ1) is 13.9. The van der Waals surface area contributed by atoms with E-state index in [1.54, 1.807) is 7.11 Å². The van der Waals surface area contributed by atoms with Gasteiger partial charge in [0.2, 0.25) is 0 Å². The second-order valence-electron chi connectivity index (χ2n) is 10.1. The summed E-state index contributed by atoms with van der Waals surface area (Å²) in [5, 5.41) is 0. The Morgan fingerprint density at radius 3 is 2.93 bits per heavy atom. The summed E-state index contributed by atoms with van der Waals surface area (Å²) >= 11 is 0. The summed E-state index contributed by atoms with van der Waals surface area (Å²) in [6.07, 6.45) is 9.07. The monoisotopic (exact) mass is 393 g/mol. The molecule has 2 spiro atoms. The molecule has 2 aliphatic heterocycles. The van der Waals surface area contributed by atoms with Crippen LogP contribution in [0.25, 0.3) is 0 Å². The zero-order valence-electron chi connectivity index (χ0n) is 18.0. The van der Waals surface area contributed by atoms with Crippen LogP contribution in [0.5, 0.6) is 5.75 Å². The van der Waals surface area contributed by atoms with Crippen molar-refractivity contribution in [3.05, 3.63) is 41.0 Å². The second-order valence-corrected chi connectivity index (χ2v) is 10.1. The molecule has 2 heterocycles. The molecule has 1 aromatic carbocycles. The van der Waals surface area contributed by atoms with Gasteiger partial charge in [0.05, 0.1) is 11.3 Å². The Labute approximate surface area is 173 Å². The van der Waals surface area contributed by atoms with Crippen molar-refractivity contribution in [1.29, 1.82) is 0 Å². The van der Waals surface area contributed by atoms with Gasteiger partial charge in [-0.1, -0.05) is 31.2 Å². The average molecular weight is 394 g/mol. The Morgan fingerprint density at radius 2 is 2.17 bits per heavy atom. The van der Waals surface area contributed by atoms with Crippen molar-refractivity contribution in [1.82, 2.24) is 4.90 Å². The number of benzene rings is 1. The number of carbonyl (C=O) groups is 1. The minimum absolute atomic E-state index is 0.0505. The van der Waals surface area contributed by atoms with Crippen molar-refractivity contribution in [3.63, 3.8) is 0 Å². The molecule has 0 aromatic heterocycles. The third kappa shape index (κ3) is 1.76. The van der Waals surface area contributed by atoms with Crippen molar-refractivity contribution in [2.75, 3.05) is 20.7 Å². The zero-order valence-corrected chi connectivity index (χ0v) is 18.0. The number of fused-ring (bicyclic) bond motifs is 1. The summed E-state index contributed by atoms with van der Waals surface area (Å²) in [6, 6.07) is 4.95. The van der Waals surface area contributed by atoms with E-state index in [0.29, 0.717) is 18.2 Å². The Bertz CT molecular complexity index is 954. The number of rotatable bonds is 4. The van der Waals surface area contributed by atoms with E-state index in [0.717, 1.165) is 38.0 Å². The third-order valence-electron chi connectivity index (χ3n) is 9.18. The van der Waals surface area contributed by atoms with Crippen molar-refractivity contribution < 1.29 is 14.3 Å². The van der Waals surface area contributed by atoms with Gasteiger partial charge in [0, 0.05) is 30.6 Å². The summed E-state index contributed by atoms with van der Waals surface area (Å²) < 4.78 is 13.2. The van der Waals surface area contributed by atoms with Gasteiger partial charge in [-0.15, -0.1) is 0 Å². The number of hydrogen-bond acceptors (Lipinski definition) is 4. The van der Waals surface area contributed by atoms with Crippen LogP contribution in [-0.4, -0.2) is 49.1 Å². The van der Waals surface area contributed by atoms with Crippen LogP contribution in [0, 0.1) is 18.3 Å². The molecule has 0 amide bonds. The fraction of sp³-hybridized carbons (Fsp3) is 0.640. The van der Waals surface area contributed by atoms with E-state index in [1.807, 2.05) is 0 Å². The number of carbonyl (C=O) groups excluding carboxylic acids is 1. The Morgan fingerprint density at radius 1 is 1.34 bits per heavy atom. The molecular formula is C25H31NO3. The summed E-state index contributed by atoms with van der Waals surface area (Å²) in [7, 11) is 4.04. The van der Waals surface area contributed by atoms with Gasteiger partial charge in [-0.05, 0) is 57.3 Å². The highest BCUT2D eigenvalue weighted by atomic mass is 16.6. The van der Waals surface area contributed by atoms with Gasteiger partial charge >= 0.3 is 0 Å². The predicted molar refractivity (Wildman–Crippen MR) is 111 cm³/mol. The first-order valence-electron chi connectivity index (χ1n) is 11.2. The molecule has 29 heavy (non-hydrogen) atoms. The molecular weight excluding hydrogens is 362 g/mol. The molecule has 0 N–H and O–H groups in total. The maximum Gasteiger partial charge on any atom is 0.143 e. The zero-order chi connectivity index (χ0) is 20.2. The summed E-state index contributed by atoms with van der Waals surface area (Å²) in [6.45, 7) is 5.32. The molecule has 6 aliphatic rings. The molecule has 0 radical (unpaired) electrons. The number of ketones is 1. The summed E-state index contributed by atoms with van der Waals surface area (Å²) in [5.41, 5.74) is 3.31. The number of hydrogen-bond donors (Lipinski definition) is 0. The highest BCUT2D eigenvalue weighted by molar-refractivity contribution is 5.84. The minimum atomic E-state index is -0.658. The van der Waals surface area contributed by atoms with Crippen LogP contribution in [0.15, 0.2) is 24.3 Å². The molecule has 4 nitrogen and oxygen atoms in total. The second kappa shape index (κ2) is 5.53. The quantitative estimate of drug-likeness (QED) is 0.733. The SMILES string of the molecule is CCCC(=O)[C@H]1C[C@@]23C=C[C@]1(OC)[C@@H]1Oc4c(C)ccc5c4[C@@]12CCN(C)[C@@H]3C5. The fourth-order valence-electron chi connectivity index (χ4n) is 7.99. The lowest BCUT2D eigenvalue weighted by Crippen LogP contribution is -2.79. The van der Waals surface area contributed by atoms with Gasteiger partial charge in [0.1, 0.15) is 23.2 Å². The van der Waals surface area contributed by atoms with Gasteiger partial charge in [-0.2, -0.15) is 0 Å². The van der Waals surface area contributed by atoms with Crippen molar-refractivity contribution >= 4 is 5.78 Å². The van der Waals surface area contributed by atoms with Gasteiger partial charge in [-0.25, -0.2) is 0 Å². The summed E-state index contributed by atoms with van der Waals surface area (Å²) in [4.78, 5) is 15.9. The first-order valence-corrected chi connectivity index (χ1v) is 11.2. The fourth-order valence-corrected chi connectivity index (χ4v) is 7.99. The lowest BCUT2D eigenvalue weighted by molar-refractivity contribution is -0.213. The van der Waals surface area contributed by atoms with Gasteiger partial charge in [0.15, 0.2) is 0 Å². The van der Waals surface area contributed by atoms with Crippen molar-refractivity contribution in [2.45, 2.75) is 69.1 Å². The van der Waals surface area contributed by atoms with E-state index in [-0.39, 0.29) is 22.9 Å². The Balaban J connectivity index is 1.66. The van der Waals surface area contributed by atoms with Crippen LogP contribution in [0.4, 0.5) is 0 Å². The molecule has 1 aromatic rings. The maximum atomic E-state index is 13.4. The number of likely N-dealkylation sites (N-methyl/N-ethyl adjacent to an activating group) is 1. The molecule has 2 fully saturated rings. The maximum absolute atomic E-state index is 13.4. The number of Topliss-reactive ketones (excluding diaryl/α,β-unsaturated/α-hetero) is 1. The van der Waals surface area contributed by atoms with E-state index < -0.39 is 5.60 Å². The molecule has 4 bridgehead atoms. The summed E-state index contributed by atoms with van der Waals surface area (Å²) in [5.74, 6) is 1.30. The largest absolute Gasteiger partial charge is 0.485 e. The molecule has 1 saturated heterocycles. The number of likely N-dealkylation sites (tertiary alicyclic amines) is 1. The van der Waals surface area contributed by atoms with Gasteiger partial charge < -0.3 is 14.4 Å². The van der Waals surface area contributed by atoms with Crippen LogP contribution in [0.1, 0.15) is 49.3 Å². The Kier molecular flexibility index (Phi) is 3.46. The molecule has 7 rings (SSSR count). The lowest BCUT2D eigenvalue weighted by Gasteiger charge is -2.70. The number of methoxy groups -OCH3 is 1. The number of aryl methyl sites for hydroxylation is 1. The van der Waals surface area contributed by atoms with Crippen LogP contribution in [0.3, 0.4) is 0 Å². The van der Waals surface area contributed by atoms with Crippen molar-refractivity contribution in [3.8, 4) is 5.75 Å². The molecule has 6 atom stereocenters. The van der Waals surface area contributed by atoms with Crippen LogP contribution >= 0.6 is 0 Å². The smallest absolute Gasteiger partial charge is 0.143 e.